The molecule has 2 amide bonds. The highest BCUT2D eigenvalue weighted by Gasteiger charge is 2.61. The number of benzene rings is 2. The number of pyridine rings is 1. The lowest BCUT2D eigenvalue weighted by Crippen LogP contribution is -2.47. The van der Waals surface area contributed by atoms with Crippen LogP contribution < -0.4 is 14.2 Å². The number of hydrogen-bond donors (Lipinski definition) is 1. The van der Waals surface area contributed by atoms with Crippen LogP contribution in [0, 0.1) is 29.1 Å². The third kappa shape index (κ3) is 9.66. The maximum absolute atomic E-state index is 15.0. The predicted molar refractivity (Wildman–Crippen MR) is 224 cm³/mol. The van der Waals surface area contributed by atoms with Crippen LogP contribution in [-0.2, 0) is 33.9 Å². The van der Waals surface area contributed by atoms with E-state index in [0.717, 1.165) is 29.2 Å². The molecule has 2 aromatic carbocycles. The van der Waals surface area contributed by atoms with Gasteiger partial charge >= 0.3 is 5.97 Å². The van der Waals surface area contributed by atoms with Crippen molar-refractivity contribution >= 4 is 44.4 Å². The van der Waals surface area contributed by atoms with Gasteiger partial charge < -0.3 is 19.1 Å². The topological polar surface area (TPSA) is 158 Å². The summed E-state index contributed by atoms with van der Waals surface area (Å²) in [6.45, 7) is 9.49. The molecule has 4 aliphatic rings. The molecule has 2 aliphatic carbocycles. The Bertz CT molecular complexity index is 2230. The summed E-state index contributed by atoms with van der Waals surface area (Å²) in [6, 6.07) is 16.2. The molecular formula is C46H57N3O9S. The lowest BCUT2D eigenvalue weighted by atomic mass is 9.82. The minimum Gasteiger partial charge on any atom is -0.497 e. The summed E-state index contributed by atoms with van der Waals surface area (Å²) in [7, 11) is -2.27. The van der Waals surface area contributed by atoms with Crippen molar-refractivity contribution in [2.24, 2.45) is 29.1 Å². The number of carbonyl (C=O) groups excluding carboxylic acids is 4. The van der Waals surface area contributed by atoms with Gasteiger partial charge in [0.15, 0.2) is 5.78 Å². The molecule has 1 aromatic heterocycles. The quantitative estimate of drug-likeness (QED) is 0.173. The van der Waals surface area contributed by atoms with Gasteiger partial charge in [-0.15, -0.1) is 0 Å². The van der Waals surface area contributed by atoms with E-state index in [-0.39, 0.29) is 55.3 Å². The molecule has 2 saturated carbocycles. The van der Waals surface area contributed by atoms with Gasteiger partial charge in [0, 0.05) is 23.8 Å². The molecule has 13 heteroatoms. The fourth-order valence-corrected chi connectivity index (χ4v) is 10.3. The van der Waals surface area contributed by atoms with Crippen LogP contribution in [0.5, 0.6) is 11.6 Å². The number of allylic oxidation sites excluding steroid dienone is 2. The van der Waals surface area contributed by atoms with Crippen molar-refractivity contribution in [2.75, 3.05) is 13.7 Å². The molecule has 0 radical (unpaired) electrons. The van der Waals surface area contributed by atoms with Crippen LogP contribution in [0.3, 0.4) is 0 Å². The van der Waals surface area contributed by atoms with E-state index in [0.29, 0.717) is 43.0 Å². The van der Waals surface area contributed by atoms with E-state index < -0.39 is 56.2 Å². The van der Waals surface area contributed by atoms with Crippen molar-refractivity contribution in [2.45, 2.75) is 115 Å². The minimum absolute atomic E-state index is 0.0375. The number of sulfonamides is 1. The standard InChI is InChI=1S/C46H57N3O9S/c1-28-12-10-11-15-32-25-46(32,44(53)48-59(54,55)35-17-18-35)26-40(50)39-23-34(27-49(39)43(52)37(29(2)20-28)24-41(51)58-45(3,4)5)57-42-36-19-16-33(56-6)21-31(36)22-38(47-42)30-13-8-7-9-14-30/h7-9,11,13-16,19,21-22,28-29,32,34-35,37,39H,10,12,17-18,20,23-27H2,1-6H3,(H,48,53)/b15-11-/t28-,29+,32+,34+,37-,39-,46+/m0/s1. The Hall–Kier alpha value is -4.78. The van der Waals surface area contributed by atoms with E-state index in [1.807, 2.05) is 73.7 Å². The Morgan fingerprint density at radius 2 is 1.75 bits per heavy atom. The third-order valence-electron chi connectivity index (χ3n) is 12.3. The summed E-state index contributed by atoms with van der Waals surface area (Å²) in [5.74, 6) is -2.03. The molecule has 12 nitrogen and oxygen atoms in total. The summed E-state index contributed by atoms with van der Waals surface area (Å²) >= 11 is 0. The Morgan fingerprint density at radius 3 is 2.44 bits per heavy atom. The highest BCUT2D eigenvalue weighted by molar-refractivity contribution is 7.90. The number of carbonyl (C=O) groups is 4. The highest BCUT2D eigenvalue weighted by atomic mass is 32.2. The number of rotatable bonds is 9. The molecular weight excluding hydrogens is 771 g/mol. The molecule has 0 spiro atoms. The van der Waals surface area contributed by atoms with Gasteiger partial charge in [-0.1, -0.05) is 56.3 Å². The Labute approximate surface area is 347 Å². The number of esters is 1. The fourth-order valence-electron chi connectivity index (χ4n) is 8.88. The zero-order valence-electron chi connectivity index (χ0n) is 34.9. The van der Waals surface area contributed by atoms with Gasteiger partial charge in [0.25, 0.3) is 0 Å². The SMILES string of the molecule is COc1ccc2c(O[C@@H]3C[C@H]4C(=O)C[C@]5(C(=O)NS(=O)(=O)C6CC6)C[C@H]5/C=C\CC[C@H](C)C[C@@H](C)[C@H](CC(=O)OC(C)(C)C)C(=O)N4C3)nc(-c3ccccc3)cc2c1. The van der Waals surface area contributed by atoms with Gasteiger partial charge in [-0.25, -0.2) is 13.4 Å². The first kappa shape index (κ1) is 42.3. The first-order valence-electron chi connectivity index (χ1n) is 20.9. The molecule has 1 N–H and O–H groups in total. The lowest BCUT2D eigenvalue weighted by Gasteiger charge is -2.32. The summed E-state index contributed by atoms with van der Waals surface area (Å²) in [5.41, 5.74) is -0.479. The zero-order chi connectivity index (χ0) is 42.3. The Morgan fingerprint density at radius 1 is 1.00 bits per heavy atom. The third-order valence-corrected chi connectivity index (χ3v) is 14.1. The summed E-state index contributed by atoms with van der Waals surface area (Å²) in [6.07, 6.45) is 6.50. The molecule has 0 bridgehead atoms. The zero-order valence-corrected chi connectivity index (χ0v) is 35.8. The molecule has 0 unspecified atom stereocenters. The lowest BCUT2D eigenvalue weighted by molar-refractivity contribution is -0.160. The number of methoxy groups -OCH3 is 1. The second-order valence-corrected chi connectivity index (χ2v) is 20.2. The maximum atomic E-state index is 15.0. The van der Waals surface area contributed by atoms with Gasteiger partial charge in [0.2, 0.25) is 27.7 Å². The fraction of sp³-hybridized carbons (Fsp3) is 0.543. The van der Waals surface area contributed by atoms with Gasteiger partial charge in [-0.3, -0.25) is 23.9 Å². The largest absolute Gasteiger partial charge is 0.497 e. The predicted octanol–water partition coefficient (Wildman–Crippen LogP) is 7.19. The number of fused-ring (bicyclic) bond motifs is 3. The van der Waals surface area contributed by atoms with Crippen LogP contribution in [0.15, 0.2) is 66.7 Å². The highest BCUT2D eigenvalue weighted by Crippen LogP contribution is 2.57. The van der Waals surface area contributed by atoms with Crippen molar-refractivity contribution in [3.05, 3.63) is 66.7 Å². The number of nitrogens with one attached hydrogen (secondary N) is 1. The average molecular weight is 828 g/mol. The molecule has 7 atom stereocenters. The van der Waals surface area contributed by atoms with Gasteiger partial charge in [-0.2, -0.15) is 0 Å². The van der Waals surface area contributed by atoms with Gasteiger partial charge in [0.05, 0.1) is 48.4 Å². The number of hydrogen-bond acceptors (Lipinski definition) is 10. The monoisotopic (exact) mass is 827 g/mol. The van der Waals surface area contributed by atoms with E-state index in [9.17, 15) is 22.8 Å². The van der Waals surface area contributed by atoms with Gasteiger partial charge in [-0.05, 0) is 107 Å². The summed E-state index contributed by atoms with van der Waals surface area (Å²) < 4.78 is 46.3. The molecule has 2 aliphatic heterocycles. The normalized spacial score (nSPS) is 28.4. The smallest absolute Gasteiger partial charge is 0.307 e. The molecule has 59 heavy (non-hydrogen) atoms. The average Bonchev–Trinajstić information content (AvgIpc) is 4.11. The number of ether oxygens (including phenoxy) is 3. The number of Topliss-reactive ketones (excluding diaryl/α,β-unsaturated/α-hetero) is 1. The van der Waals surface area contributed by atoms with Crippen molar-refractivity contribution in [1.29, 1.82) is 0 Å². The van der Waals surface area contributed by atoms with Crippen LogP contribution in [0.2, 0.25) is 0 Å². The van der Waals surface area contributed by atoms with Crippen molar-refractivity contribution in [1.82, 2.24) is 14.6 Å². The van der Waals surface area contributed by atoms with Crippen LogP contribution in [-0.4, -0.2) is 78.5 Å². The molecule has 7 rings (SSSR count). The van der Waals surface area contributed by atoms with E-state index in [4.69, 9.17) is 19.2 Å². The first-order valence-corrected chi connectivity index (χ1v) is 22.5. The molecule has 3 fully saturated rings. The molecule has 3 heterocycles. The number of aromatic nitrogens is 1. The second-order valence-electron chi connectivity index (χ2n) is 18.3. The first-order chi connectivity index (χ1) is 28.0. The summed E-state index contributed by atoms with van der Waals surface area (Å²) in [5, 5.41) is 0.944. The number of ketones is 1. The Kier molecular flexibility index (Phi) is 12.0. The number of nitrogens with zero attached hydrogens (tertiary/aromatic N) is 2. The van der Waals surface area contributed by atoms with E-state index in [2.05, 4.69) is 11.6 Å². The van der Waals surface area contributed by atoms with E-state index in [1.54, 1.807) is 27.9 Å². The van der Waals surface area contributed by atoms with Crippen molar-refractivity contribution in [3.63, 3.8) is 0 Å². The maximum Gasteiger partial charge on any atom is 0.307 e. The summed E-state index contributed by atoms with van der Waals surface area (Å²) in [4.78, 5) is 63.7. The van der Waals surface area contributed by atoms with Crippen molar-refractivity contribution in [3.8, 4) is 22.9 Å². The molecule has 3 aromatic rings. The van der Waals surface area contributed by atoms with Gasteiger partial charge in [0.1, 0.15) is 17.5 Å². The Balaban J connectivity index is 1.26. The van der Waals surface area contributed by atoms with Crippen molar-refractivity contribution < 1.29 is 41.8 Å². The number of amides is 2. The van der Waals surface area contributed by atoms with Crippen LogP contribution in [0.4, 0.5) is 0 Å². The van der Waals surface area contributed by atoms with Crippen LogP contribution in [0.25, 0.3) is 22.0 Å². The minimum atomic E-state index is -3.87. The van der Waals surface area contributed by atoms with Crippen LogP contribution in [0.1, 0.15) is 92.4 Å². The van der Waals surface area contributed by atoms with Crippen LogP contribution >= 0.6 is 0 Å². The van der Waals surface area contributed by atoms with E-state index in [1.165, 1.54) is 4.90 Å². The molecule has 1 saturated heterocycles. The molecule has 316 valence electrons. The second kappa shape index (κ2) is 16.7. The van der Waals surface area contributed by atoms with E-state index >= 15 is 4.79 Å².